The Morgan fingerprint density at radius 1 is 0.889 bits per heavy atom. The first-order valence-electron chi connectivity index (χ1n) is 15.3. The Labute approximate surface area is 265 Å². The monoisotopic (exact) mass is 632 g/mol. The van der Waals surface area contributed by atoms with E-state index in [9.17, 15) is 18.0 Å². The molecule has 1 aromatic heterocycles. The summed E-state index contributed by atoms with van der Waals surface area (Å²) in [6.45, 7) is 7.15. The second-order valence-electron chi connectivity index (χ2n) is 12.0. The highest BCUT2D eigenvalue weighted by Crippen LogP contribution is 2.24. The number of imidazole rings is 1. The van der Waals surface area contributed by atoms with E-state index in [-0.39, 0.29) is 36.2 Å². The number of aromatic nitrogens is 2. The summed E-state index contributed by atoms with van der Waals surface area (Å²) in [5.74, 6) is 0.377. The van der Waals surface area contributed by atoms with Crippen molar-refractivity contribution in [3.05, 3.63) is 102 Å². The van der Waals surface area contributed by atoms with E-state index < -0.39 is 16.1 Å². The molecule has 0 spiro atoms. The normalized spacial score (nSPS) is 13.8. The molecule has 5 N–H and O–H groups in total. The first kappa shape index (κ1) is 33.8. The van der Waals surface area contributed by atoms with Gasteiger partial charge in [0, 0.05) is 30.5 Å². The van der Waals surface area contributed by atoms with Gasteiger partial charge >= 0.3 is 0 Å². The molecule has 0 fully saturated rings. The van der Waals surface area contributed by atoms with E-state index in [1.54, 1.807) is 24.5 Å². The number of hydrogen-bond donors (Lipinski definition) is 5. The summed E-state index contributed by atoms with van der Waals surface area (Å²) >= 11 is 0. The average molecular weight is 633 g/mol. The van der Waals surface area contributed by atoms with Crippen LogP contribution in [0.25, 0.3) is 10.8 Å². The van der Waals surface area contributed by atoms with Crippen molar-refractivity contribution in [3.63, 3.8) is 0 Å². The van der Waals surface area contributed by atoms with E-state index in [2.05, 4.69) is 30.6 Å². The lowest BCUT2D eigenvalue weighted by Crippen LogP contribution is -2.48. The van der Waals surface area contributed by atoms with Gasteiger partial charge < -0.3 is 20.9 Å². The number of fused-ring (bicyclic) bond motifs is 1. The molecule has 0 bridgehead atoms. The molecule has 11 heteroatoms. The van der Waals surface area contributed by atoms with Crippen molar-refractivity contribution >= 4 is 32.6 Å². The van der Waals surface area contributed by atoms with E-state index in [0.29, 0.717) is 31.5 Å². The quantitative estimate of drug-likeness (QED) is 0.122. The van der Waals surface area contributed by atoms with Gasteiger partial charge in [-0.2, -0.15) is 0 Å². The molecule has 0 aliphatic carbocycles. The van der Waals surface area contributed by atoms with Gasteiger partial charge in [0.15, 0.2) is 0 Å². The molecule has 0 saturated carbocycles. The van der Waals surface area contributed by atoms with Gasteiger partial charge in [-0.1, -0.05) is 68.4 Å². The van der Waals surface area contributed by atoms with E-state index in [1.807, 2.05) is 75.4 Å². The highest BCUT2D eigenvalue weighted by Gasteiger charge is 2.26. The summed E-state index contributed by atoms with van der Waals surface area (Å²) in [6, 6.07) is 19.6. The number of aromatic amines is 1. The molecule has 1 unspecified atom stereocenters. The molecule has 45 heavy (non-hydrogen) atoms. The number of benzene rings is 3. The summed E-state index contributed by atoms with van der Waals surface area (Å²) in [6.07, 6.45) is 5.86. The summed E-state index contributed by atoms with van der Waals surface area (Å²) in [7, 11) is -3.45. The first-order valence-corrected chi connectivity index (χ1v) is 17.2. The van der Waals surface area contributed by atoms with Crippen LogP contribution in [-0.4, -0.2) is 48.5 Å². The molecular weight excluding hydrogens is 588 g/mol. The van der Waals surface area contributed by atoms with Crippen LogP contribution in [0.1, 0.15) is 73.4 Å². The predicted molar refractivity (Wildman–Crippen MR) is 178 cm³/mol. The van der Waals surface area contributed by atoms with Gasteiger partial charge in [-0.15, -0.1) is 0 Å². The van der Waals surface area contributed by atoms with E-state index in [0.717, 1.165) is 34.0 Å². The maximum Gasteiger partial charge on any atom is 0.251 e. The third-order valence-corrected chi connectivity index (χ3v) is 8.36. The van der Waals surface area contributed by atoms with Crippen molar-refractivity contribution in [1.29, 1.82) is 0 Å². The predicted octanol–water partition coefficient (Wildman–Crippen LogP) is 4.57. The standard InChI is InChI=1S/C34H44N6O4S/c1-23(2)20-28(40-45(4,43)44)16-17-31(34(42)38-24(3)29-11-7-9-26-8-5-6-10-30(26)29)39-33(41)27-14-12-25(13-15-27)21-35-22-32-36-18-19-37-32/h5-15,18-19,23-24,28,31,35,40H,16-17,20-22H2,1-4H3,(H,36,37)(H,38,42)(H,39,41)/t24-,28?,31-/m0/s1. The summed E-state index contributed by atoms with van der Waals surface area (Å²) < 4.78 is 26.8. The van der Waals surface area contributed by atoms with Crippen LogP contribution in [0.4, 0.5) is 0 Å². The SMILES string of the molecule is CC(C)CC(CC[C@H](NC(=O)c1ccc(CNCc2ncc[nH]2)cc1)C(=O)N[C@@H](C)c1cccc2ccccc12)NS(C)(=O)=O. The number of amides is 2. The number of hydrogen-bond acceptors (Lipinski definition) is 6. The molecule has 0 aliphatic heterocycles. The molecule has 0 aliphatic rings. The van der Waals surface area contributed by atoms with Gasteiger partial charge in [0.2, 0.25) is 15.9 Å². The molecule has 4 rings (SSSR count). The number of carbonyl (C=O) groups is 2. The van der Waals surface area contributed by atoms with Crippen molar-refractivity contribution in [2.45, 2.75) is 71.2 Å². The van der Waals surface area contributed by atoms with Crippen molar-refractivity contribution in [1.82, 2.24) is 30.6 Å². The first-order chi connectivity index (χ1) is 21.5. The number of rotatable bonds is 16. The average Bonchev–Trinajstić information content (AvgIpc) is 3.51. The highest BCUT2D eigenvalue weighted by atomic mass is 32.2. The van der Waals surface area contributed by atoms with Gasteiger partial charge in [0.1, 0.15) is 11.9 Å². The van der Waals surface area contributed by atoms with E-state index in [1.165, 1.54) is 0 Å². The van der Waals surface area contributed by atoms with Gasteiger partial charge in [-0.05, 0) is 66.1 Å². The number of nitrogens with one attached hydrogen (secondary N) is 5. The fraction of sp³-hybridized carbons (Fsp3) is 0.382. The Kier molecular flexibility index (Phi) is 11.9. The molecule has 3 atom stereocenters. The van der Waals surface area contributed by atoms with Crippen molar-refractivity contribution in [3.8, 4) is 0 Å². The zero-order valence-electron chi connectivity index (χ0n) is 26.3. The number of sulfonamides is 1. The Bertz CT molecular complexity index is 1650. The lowest BCUT2D eigenvalue weighted by Gasteiger charge is -2.25. The number of H-pyrrole nitrogens is 1. The Balaban J connectivity index is 1.47. The summed E-state index contributed by atoms with van der Waals surface area (Å²) in [4.78, 5) is 34.4. The molecule has 3 aromatic carbocycles. The third-order valence-electron chi connectivity index (χ3n) is 7.60. The molecule has 2 amide bonds. The van der Waals surface area contributed by atoms with Gasteiger partial charge in [-0.3, -0.25) is 9.59 Å². The Hall–Kier alpha value is -4.06. The molecule has 4 aromatic rings. The minimum atomic E-state index is -3.45. The minimum absolute atomic E-state index is 0.240. The molecule has 1 heterocycles. The maximum absolute atomic E-state index is 13.7. The van der Waals surface area contributed by atoms with Crippen LogP contribution in [0.5, 0.6) is 0 Å². The second-order valence-corrected chi connectivity index (χ2v) is 13.7. The molecule has 10 nitrogen and oxygen atoms in total. The molecule has 240 valence electrons. The third kappa shape index (κ3) is 10.5. The van der Waals surface area contributed by atoms with Gasteiger partial charge in [-0.25, -0.2) is 18.1 Å². The van der Waals surface area contributed by atoms with Crippen molar-refractivity contribution in [2.24, 2.45) is 5.92 Å². The van der Waals surface area contributed by atoms with Crippen LogP contribution in [0, 0.1) is 5.92 Å². The van der Waals surface area contributed by atoms with Gasteiger partial charge in [0.05, 0.1) is 18.8 Å². The van der Waals surface area contributed by atoms with Crippen LogP contribution >= 0.6 is 0 Å². The van der Waals surface area contributed by atoms with E-state index in [4.69, 9.17) is 0 Å². The van der Waals surface area contributed by atoms with Crippen LogP contribution in [0.15, 0.2) is 79.1 Å². The lowest BCUT2D eigenvalue weighted by molar-refractivity contribution is -0.123. The van der Waals surface area contributed by atoms with Crippen molar-refractivity contribution < 1.29 is 18.0 Å². The zero-order valence-corrected chi connectivity index (χ0v) is 27.2. The Morgan fingerprint density at radius 3 is 2.31 bits per heavy atom. The summed E-state index contributed by atoms with van der Waals surface area (Å²) in [5.41, 5.74) is 2.40. The van der Waals surface area contributed by atoms with E-state index >= 15 is 0 Å². The fourth-order valence-electron chi connectivity index (χ4n) is 5.49. The van der Waals surface area contributed by atoms with Crippen LogP contribution in [0.2, 0.25) is 0 Å². The smallest absolute Gasteiger partial charge is 0.251 e. The summed E-state index contributed by atoms with van der Waals surface area (Å²) in [5, 5.41) is 11.4. The van der Waals surface area contributed by atoms with Crippen LogP contribution in [0.3, 0.4) is 0 Å². The molecular formula is C34H44N6O4S. The topological polar surface area (TPSA) is 145 Å². The van der Waals surface area contributed by atoms with Crippen LogP contribution in [-0.2, 0) is 27.9 Å². The van der Waals surface area contributed by atoms with Gasteiger partial charge in [0.25, 0.3) is 5.91 Å². The fourth-order valence-corrected chi connectivity index (χ4v) is 6.31. The molecule has 0 saturated heterocycles. The van der Waals surface area contributed by atoms with Crippen molar-refractivity contribution in [2.75, 3.05) is 6.26 Å². The zero-order chi connectivity index (χ0) is 32.4. The number of nitrogens with zero attached hydrogens (tertiary/aromatic N) is 1. The second kappa shape index (κ2) is 15.8. The molecule has 0 radical (unpaired) electrons. The lowest BCUT2D eigenvalue weighted by atomic mass is 9.97. The minimum Gasteiger partial charge on any atom is -0.348 e. The Morgan fingerprint density at radius 2 is 1.62 bits per heavy atom. The maximum atomic E-state index is 13.7. The van der Waals surface area contributed by atoms with Crippen LogP contribution < -0.4 is 20.7 Å². The highest BCUT2D eigenvalue weighted by molar-refractivity contribution is 7.88. The number of carbonyl (C=O) groups excluding carboxylic acids is 2. The largest absolute Gasteiger partial charge is 0.348 e.